The number of hydrogen-bond acceptors (Lipinski definition) is 5. The van der Waals surface area contributed by atoms with Crippen molar-refractivity contribution in [2.45, 2.75) is 18.9 Å². The Hall–Kier alpha value is -2.25. The van der Waals surface area contributed by atoms with E-state index in [0.29, 0.717) is 17.5 Å². The quantitative estimate of drug-likeness (QED) is 0.293. The minimum atomic E-state index is -1.09. The molecule has 7 nitrogen and oxygen atoms in total. The lowest BCUT2D eigenvalue weighted by Crippen LogP contribution is -2.36. The highest BCUT2D eigenvalue weighted by atomic mass is 127. The normalized spacial score (nSPS) is 17.6. The number of aromatic nitrogens is 3. The van der Waals surface area contributed by atoms with Crippen molar-refractivity contribution in [3.05, 3.63) is 82.0 Å². The molecular formula is C23H19IN4O3P2. The SMILES string of the molecule is CC1(OI)C(=O)N(c2cncc(Cc3n[nH]c(=O)c4cc(P)ccc34)c2)c2ccc(P)cc21. The largest absolute Gasteiger partial charge is 0.294 e. The van der Waals surface area contributed by atoms with Crippen LogP contribution in [0.25, 0.3) is 10.8 Å². The highest BCUT2D eigenvalue weighted by Gasteiger charge is 2.49. The molecule has 3 atom stereocenters. The van der Waals surface area contributed by atoms with Gasteiger partial charge in [-0.2, -0.15) is 5.10 Å². The fourth-order valence-corrected chi connectivity index (χ4v) is 5.11. The van der Waals surface area contributed by atoms with E-state index in [0.717, 1.165) is 38.5 Å². The van der Waals surface area contributed by atoms with E-state index < -0.39 is 5.60 Å². The molecule has 5 rings (SSSR count). The molecule has 4 aromatic rings. The monoisotopic (exact) mass is 588 g/mol. The van der Waals surface area contributed by atoms with Gasteiger partial charge in [0.05, 0.1) is 28.7 Å². The van der Waals surface area contributed by atoms with Gasteiger partial charge in [0.15, 0.2) is 5.60 Å². The Balaban J connectivity index is 1.57. The maximum Gasteiger partial charge on any atom is 0.272 e. The van der Waals surface area contributed by atoms with Crippen LogP contribution in [0.4, 0.5) is 11.4 Å². The second kappa shape index (κ2) is 8.51. The van der Waals surface area contributed by atoms with Crippen LogP contribution >= 0.6 is 41.5 Å². The van der Waals surface area contributed by atoms with Crippen LogP contribution in [-0.2, 0) is 19.9 Å². The van der Waals surface area contributed by atoms with Crippen molar-refractivity contribution in [3.8, 4) is 0 Å². The van der Waals surface area contributed by atoms with Gasteiger partial charge in [0.25, 0.3) is 11.5 Å². The number of pyridine rings is 1. The van der Waals surface area contributed by atoms with Gasteiger partial charge in [-0.3, -0.25) is 22.5 Å². The molecule has 0 aliphatic carbocycles. The summed E-state index contributed by atoms with van der Waals surface area (Å²) in [5.41, 5.74) is 2.50. The highest BCUT2D eigenvalue weighted by Crippen LogP contribution is 2.46. The second-order valence-electron chi connectivity index (χ2n) is 8.06. The molecule has 1 aliphatic rings. The van der Waals surface area contributed by atoms with Gasteiger partial charge < -0.3 is 0 Å². The number of amides is 1. The lowest BCUT2D eigenvalue weighted by Gasteiger charge is -2.21. The first-order chi connectivity index (χ1) is 15.8. The predicted octanol–water partition coefficient (Wildman–Crippen LogP) is 3.17. The number of benzene rings is 2. The molecule has 3 heterocycles. The van der Waals surface area contributed by atoms with E-state index in [1.165, 1.54) is 0 Å². The minimum Gasteiger partial charge on any atom is -0.294 e. The first-order valence-corrected chi connectivity index (χ1v) is 12.1. The fraction of sp³-hybridized carbons (Fsp3) is 0.130. The molecular weight excluding hydrogens is 569 g/mol. The molecule has 0 saturated heterocycles. The van der Waals surface area contributed by atoms with Crippen LogP contribution in [0.1, 0.15) is 23.7 Å². The number of aromatic amines is 1. The van der Waals surface area contributed by atoms with Crippen LogP contribution in [0.3, 0.4) is 0 Å². The number of fused-ring (bicyclic) bond motifs is 2. The lowest BCUT2D eigenvalue weighted by molar-refractivity contribution is -0.128. The van der Waals surface area contributed by atoms with Crippen molar-refractivity contribution in [2.75, 3.05) is 4.90 Å². The zero-order valence-electron chi connectivity index (χ0n) is 17.5. The molecule has 0 saturated carbocycles. The van der Waals surface area contributed by atoms with Crippen molar-refractivity contribution in [1.29, 1.82) is 0 Å². The maximum absolute atomic E-state index is 13.4. The number of nitrogens with one attached hydrogen (secondary N) is 1. The van der Waals surface area contributed by atoms with Crippen LogP contribution in [-0.4, -0.2) is 21.1 Å². The molecule has 1 N–H and O–H groups in total. The molecule has 0 radical (unpaired) electrons. The van der Waals surface area contributed by atoms with E-state index in [2.05, 4.69) is 33.7 Å². The molecule has 2 aromatic carbocycles. The molecule has 0 spiro atoms. The number of anilines is 2. The number of hydrogen-bond donors (Lipinski definition) is 1. The number of carbonyl (C=O) groups is 1. The summed E-state index contributed by atoms with van der Waals surface area (Å²) in [4.78, 5) is 31.7. The van der Waals surface area contributed by atoms with E-state index in [1.807, 2.05) is 42.5 Å². The standard InChI is InChI=1S/C23H19IN4O3P2/c1-23(31-24)18-9-15(33)3-5-20(18)28(22(23)30)13-6-12(10-25-11-13)7-19-16-4-2-14(32)8-17(16)21(29)27-26-19/h2-6,8-11H,7,32-33H2,1H3,(H,27,29). The Kier molecular flexibility index (Phi) is 5.81. The average Bonchev–Trinajstić information content (AvgIpc) is 3.03. The smallest absolute Gasteiger partial charge is 0.272 e. The molecule has 0 fully saturated rings. The van der Waals surface area contributed by atoms with Crippen molar-refractivity contribution >= 4 is 80.1 Å². The minimum absolute atomic E-state index is 0.179. The van der Waals surface area contributed by atoms with E-state index in [9.17, 15) is 9.59 Å². The van der Waals surface area contributed by atoms with Crippen LogP contribution in [0, 0.1) is 0 Å². The zero-order valence-corrected chi connectivity index (χ0v) is 22.0. The van der Waals surface area contributed by atoms with Gasteiger partial charge in [-0.25, -0.2) is 5.10 Å². The number of carbonyl (C=O) groups excluding carboxylic acids is 1. The molecule has 3 unspecified atom stereocenters. The Labute approximate surface area is 208 Å². The Morgan fingerprint density at radius 1 is 1.06 bits per heavy atom. The number of nitrogens with zero attached hydrogens (tertiary/aromatic N) is 3. The van der Waals surface area contributed by atoms with Gasteiger partial charge in [-0.05, 0) is 47.4 Å². The van der Waals surface area contributed by atoms with E-state index in [4.69, 9.17) is 3.07 Å². The molecule has 1 aliphatic heterocycles. The summed E-state index contributed by atoms with van der Waals surface area (Å²) in [6.07, 6.45) is 3.86. The van der Waals surface area contributed by atoms with E-state index in [-0.39, 0.29) is 11.5 Å². The van der Waals surface area contributed by atoms with Crippen LogP contribution in [0.5, 0.6) is 0 Å². The highest BCUT2D eigenvalue weighted by molar-refractivity contribution is 14.1. The summed E-state index contributed by atoms with van der Waals surface area (Å²) >= 11 is 1.79. The first-order valence-electron chi connectivity index (χ1n) is 10.1. The van der Waals surface area contributed by atoms with E-state index in [1.54, 1.807) is 47.2 Å². The fourth-order valence-electron chi connectivity index (χ4n) is 4.16. The summed E-state index contributed by atoms with van der Waals surface area (Å²) in [7, 11) is 5.25. The Bertz CT molecular complexity index is 1490. The molecule has 0 bridgehead atoms. The van der Waals surface area contributed by atoms with Crippen molar-refractivity contribution in [1.82, 2.24) is 15.2 Å². The van der Waals surface area contributed by atoms with Crippen molar-refractivity contribution < 1.29 is 7.86 Å². The second-order valence-corrected chi connectivity index (χ2v) is 9.83. The zero-order chi connectivity index (χ0) is 23.3. The summed E-state index contributed by atoms with van der Waals surface area (Å²) in [6.45, 7) is 1.78. The van der Waals surface area contributed by atoms with Crippen LogP contribution in [0.2, 0.25) is 0 Å². The van der Waals surface area contributed by atoms with Gasteiger partial charge in [-0.1, -0.05) is 18.2 Å². The third kappa shape index (κ3) is 3.79. The number of rotatable bonds is 4. The molecule has 1 amide bonds. The lowest BCUT2D eigenvalue weighted by atomic mass is 9.98. The average molecular weight is 588 g/mol. The first kappa shape index (κ1) is 22.5. The van der Waals surface area contributed by atoms with Gasteiger partial charge in [-0.15, -0.1) is 18.5 Å². The van der Waals surface area contributed by atoms with Gasteiger partial charge in [0.1, 0.15) is 23.0 Å². The molecule has 10 heteroatoms. The van der Waals surface area contributed by atoms with Gasteiger partial charge in [0, 0.05) is 23.6 Å². The van der Waals surface area contributed by atoms with Gasteiger partial charge in [0.2, 0.25) is 0 Å². The topological polar surface area (TPSA) is 88.2 Å². The Morgan fingerprint density at radius 3 is 2.61 bits per heavy atom. The van der Waals surface area contributed by atoms with Crippen molar-refractivity contribution in [3.63, 3.8) is 0 Å². The molecule has 2 aromatic heterocycles. The Morgan fingerprint density at radius 2 is 1.82 bits per heavy atom. The van der Waals surface area contributed by atoms with Crippen LogP contribution in [0.15, 0.2) is 59.7 Å². The number of halogens is 1. The summed E-state index contributed by atoms with van der Waals surface area (Å²) in [6, 6.07) is 13.4. The maximum atomic E-state index is 13.4. The summed E-state index contributed by atoms with van der Waals surface area (Å²) < 4.78 is 5.64. The predicted molar refractivity (Wildman–Crippen MR) is 144 cm³/mol. The van der Waals surface area contributed by atoms with Crippen molar-refractivity contribution in [2.24, 2.45) is 0 Å². The molecule has 166 valence electrons. The number of H-pyrrole nitrogens is 1. The van der Waals surface area contributed by atoms with Crippen LogP contribution < -0.4 is 21.1 Å². The van der Waals surface area contributed by atoms with E-state index >= 15 is 0 Å². The van der Waals surface area contributed by atoms with Gasteiger partial charge >= 0.3 is 0 Å². The summed E-state index contributed by atoms with van der Waals surface area (Å²) in [5.74, 6) is -0.179. The summed E-state index contributed by atoms with van der Waals surface area (Å²) in [5, 5.41) is 10.1. The third-order valence-electron chi connectivity index (χ3n) is 5.84. The molecule has 33 heavy (non-hydrogen) atoms. The third-order valence-corrected chi connectivity index (χ3v) is 7.44.